The fraction of sp³-hybridized carbons (Fsp3) is 0.565. The Hall–Kier alpha value is -2.30. The number of carbonyl (C=O) groups excluding carboxylic acids is 1. The number of fused-ring (bicyclic) bond motifs is 5. The Kier molecular flexibility index (Phi) is 3.71. The van der Waals surface area contributed by atoms with Gasteiger partial charge in [0.2, 0.25) is 0 Å². The number of hydrogen-bond acceptors (Lipinski definition) is 3. The standard InChI is InChI=1S/C23H29N3O2/c1-22(2)19-13-15-16(8-6-10-18(15)27)23(22,3)11-12-26(19)21(28)20-14-7-4-5-9-17(14)24-25-20/h6,8,10,19,27H,4-5,7,9,11-13H2,1-3H3,(H,24,25)/t19?,23-/m0/s1. The number of benzene rings is 1. The fourth-order valence-corrected chi connectivity index (χ4v) is 5.96. The first-order valence-corrected chi connectivity index (χ1v) is 10.5. The van der Waals surface area contributed by atoms with Gasteiger partial charge in [-0.05, 0) is 61.1 Å². The summed E-state index contributed by atoms with van der Waals surface area (Å²) >= 11 is 0. The van der Waals surface area contributed by atoms with Gasteiger partial charge in [0, 0.05) is 29.3 Å². The molecule has 148 valence electrons. The molecule has 5 rings (SSSR count). The molecule has 2 atom stereocenters. The number of nitrogens with zero attached hydrogens (tertiary/aromatic N) is 2. The average Bonchev–Trinajstić information content (AvgIpc) is 3.09. The van der Waals surface area contributed by atoms with Crippen LogP contribution in [-0.2, 0) is 24.7 Å². The first kappa shape index (κ1) is 17.8. The highest BCUT2D eigenvalue weighted by molar-refractivity contribution is 5.94. The molecule has 1 aromatic carbocycles. The molecule has 1 aliphatic heterocycles. The molecule has 1 saturated heterocycles. The number of amides is 1. The van der Waals surface area contributed by atoms with Crippen molar-refractivity contribution >= 4 is 5.91 Å². The van der Waals surface area contributed by atoms with Gasteiger partial charge in [0.05, 0.1) is 0 Å². The predicted octanol–water partition coefficient (Wildman–Crippen LogP) is 3.75. The van der Waals surface area contributed by atoms with Gasteiger partial charge >= 0.3 is 0 Å². The summed E-state index contributed by atoms with van der Waals surface area (Å²) in [5.74, 6) is 0.411. The lowest BCUT2D eigenvalue weighted by atomic mass is 9.51. The van der Waals surface area contributed by atoms with Gasteiger partial charge in [0.25, 0.3) is 5.91 Å². The summed E-state index contributed by atoms with van der Waals surface area (Å²) in [5.41, 5.74) is 5.00. The summed E-state index contributed by atoms with van der Waals surface area (Å²) in [4.78, 5) is 15.6. The SMILES string of the molecule is CC1(C)C2Cc3c(O)cccc3[C@]1(C)CCN2C(=O)c1n[nH]c2c1CCCC2. The van der Waals surface area contributed by atoms with Crippen molar-refractivity contribution in [2.75, 3.05) is 6.54 Å². The molecule has 0 spiro atoms. The lowest BCUT2D eigenvalue weighted by molar-refractivity contribution is -0.0269. The van der Waals surface area contributed by atoms with E-state index < -0.39 is 0 Å². The number of nitrogens with one attached hydrogen (secondary N) is 1. The van der Waals surface area contributed by atoms with Crippen LogP contribution in [0.15, 0.2) is 18.2 Å². The normalized spacial score (nSPS) is 27.8. The Labute approximate surface area is 166 Å². The zero-order valence-corrected chi connectivity index (χ0v) is 17.0. The van der Waals surface area contributed by atoms with E-state index in [1.807, 2.05) is 11.0 Å². The molecule has 2 heterocycles. The number of aryl methyl sites for hydroxylation is 1. The number of carbonyl (C=O) groups is 1. The highest BCUT2D eigenvalue weighted by Crippen LogP contribution is 2.57. The van der Waals surface area contributed by atoms with E-state index in [4.69, 9.17) is 0 Å². The van der Waals surface area contributed by atoms with Gasteiger partial charge in [-0.2, -0.15) is 5.10 Å². The van der Waals surface area contributed by atoms with Crippen LogP contribution in [0.4, 0.5) is 0 Å². The molecule has 2 aromatic rings. The van der Waals surface area contributed by atoms with Crippen LogP contribution < -0.4 is 0 Å². The second-order valence-corrected chi connectivity index (χ2v) is 9.56. The van der Waals surface area contributed by atoms with Gasteiger partial charge < -0.3 is 10.0 Å². The number of phenols is 1. The Morgan fingerprint density at radius 1 is 1.21 bits per heavy atom. The topological polar surface area (TPSA) is 69.2 Å². The van der Waals surface area contributed by atoms with Crippen LogP contribution in [0.1, 0.15) is 72.9 Å². The number of phenolic OH excluding ortho intramolecular Hbond substituents is 1. The molecular weight excluding hydrogens is 350 g/mol. The summed E-state index contributed by atoms with van der Waals surface area (Å²) < 4.78 is 0. The number of aromatic amines is 1. The van der Waals surface area contributed by atoms with E-state index in [9.17, 15) is 9.90 Å². The van der Waals surface area contributed by atoms with Gasteiger partial charge in [0.1, 0.15) is 5.75 Å². The second kappa shape index (κ2) is 5.85. The molecule has 2 aliphatic carbocycles. The summed E-state index contributed by atoms with van der Waals surface area (Å²) in [7, 11) is 0. The Balaban J connectivity index is 1.57. The van der Waals surface area contributed by atoms with Crippen LogP contribution in [-0.4, -0.2) is 38.7 Å². The van der Waals surface area contributed by atoms with E-state index in [-0.39, 0.29) is 22.8 Å². The smallest absolute Gasteiger partial charge is 0.274 e. The molecule has 2 N–H and O–H groups in total. The second-order valence-electron chi connectivity index (χ2n) is 9.56. The largest absolute Gasteiger partial charge is 0.508 e. The lowest BCUT2D eigenvalue weighted by Gasteiger charge is -2.60. The third-order valence-corrected chi connectivity index (χ3v) is 8.15. The molecule has 3 aliphatic rings. The number of H-pyrrole nitrogens is 1. The molecule has 28 heavy (non-hydrogen) atoms. The van der Waals surface area contributed by atoms with Gasteiger partial charge in [-0.1, -0.05) is 32.9 Å². The highest BCUT2D eigenvalue weighted by Gasteiger charge is 2.57. The Morgan fingerprint density at radius 2 is 2.00 bits per heavy atom. The van der Waals surface area contributed by atoms with Crippen molar-refractivity contribution < 1.29 is 9.90 Å². The van der Waals surface area contributed by atoms with E-state index in [0.717, 1.165) is 55.5 Å². The minimum atomic E-state index is -0.0852. The molecule has 1 amide bonds. The van der Waals surface area contributed by atoms with E-state index in [1.165, 1.54) is 5.56 Å². The van der Waals surface area contributed by atoms with Crippen molar-refractivity contribution in [1.29, 1.82) is 0 Å². The molecule has 1 fully saturated rings. The average molecular weight is 380 g/mol. The minimum absolute atomic E-state index is 0.0514. The Bertz CT molecular complexity index is 961. The third-order valence-electron chi connectivity index (χ3n) is 8.15. The van der Waals surface area contributed by atoms with E-state index in [2.05, 4.69) is 37.0 Å². The van der Waals surface area contributed by atoms with E-state index >= 15 is 0 Å². The monoisotopic (exact) mass is 379 g/mol. The van der Waals surface area contributed by atoms with E-state index in [1.54, 1.807) is 6.07 Å². The number of aromatic nitrogens is 2. The highest BCUT2D eigenvalue weighted by atomic mass is 16.3. The van der Waals surface area contributed by atoms with Crippen LogP contribution in [0, 0.1) is 5.41 Å². The van der Waals surface area contributed by atoms with E-state index in [0.29, 0.717) is 17.9 Å². The maximum Gasteiger partial charge on any atom is 0.274 e. The Morgan fingerprint density at radius 3 is 2.82 bits per heavy atom. The number of hydrogen-bond donors (Lipinski definition) is 2. The van der Waals surface area contributed by atoms with Crippen LogP contribution >= 0.6 is 0 Å². The molecular formula is C23H29N3O2. The molecule has 5 nitrogen and oxygen atoms in total. The van der Waals surface area contributed by atoms with Crippen LogP contribution in [0.3, 0.4) is 0 Å². The maximum atomic E-state index is 13.6. The number of likely N-dealkylation sites (tertiary alicyclic amines) is 1. The molecule has 0 radical (unpaired) electrons. The van der Waals surface area contributed by atoms with Crippen LogP contribution in [0.2, 0.25) is 0 Å². The van der Waals surface area contributed by atoms with Crippen molar-refractivity contribution in [2.24, 2.45) is 5.41 Å². The van der Waals surface area contributed by atoms with Crippen LogP contribution in [0.5, 0.6) is 5.75 Å². The lowest BCUT2D eigenvalue weighted by Crippen LogP contribution is -2.65. The first-order chi connectivity index (χ1) is 13.3. The van der Waals surface area contributed by atoms with Crippen LogP contribution in [0.25, 0.3) is 0 Å². The van der Waals surface area contributed by atoms with Gasteiger partial charge in [-0.15, -0.1) is 0 Å². The van der Waals surface area contributed by atoms with Crippen molar-refractivity contribution in [3.63, 3.8) is 0 Å². The zero-order valence-electron chi connectivity index (χ0n) is 17.0. The third kappa shape index (κ3) is 2.19. The predicted molar refractivity (Wildman–Crippen MR) is 108 cm³/mol. The molecule has 0 saturated carbocycles. The molecule has 1 unspecified atom stereocenters. The van der Waals surface area contributed by atoms with Crippen molar-refractivity contribution in [3.05, 3.63) is 46.3 Å². The van der Waals surface area contributed by atoms with Crippen molar-refractivity contribution in [1.82, 2.24) is 15.1 Å². The summed E-state index contributed by atoms with van der Waals surface area (Å²) in [6.07, 6.45) is 5.81. The molecule has 2 bridgehead atoms. The maximum absolute atomic E-state index is 13.6. The summed E-state index contributed by atoms with van der Waals surface area (Å²) in [6, 6.07) is 5.93. The fourth-order valence-electron chi connectivity index (χ4n) is 5.96. The zero-order chi connectivity index (χ0) is 19.7. The first-order valence-electron chi connectivity index (χ1n) is 10.5. The number of aromatic hydroxyl groups is 1. The summed E-state index contributed by atoms with van der Waals surface area (Å²) in [6.45, 7) is 7.60. The molecule has 1 aromatic heterocycles. The number of piperidine rings is 1. The van der Waals surface area contributed by atoms with Gasteiger partial charge in [-0.25, -0.2) is 0 Å². The van der Waals surface area contributed by atoms with Crippen molar-refractivity contribution in [3.8, 4) is 5.75 Å². The number of rotatable bonds is 1. The summed E-state index contributed by atoms with van der Waals surface area (Å²) in [5, 5.41) is 18.1. The van der Waals surface area contributed by atoms with Crippen molar-refractivity contribution in [2.45, 2.75) is 70.8 Å². The van der Waals surface area contributed by atoms with Gasteiger partial charge in [0.15, 0.2) is 5.69 Å². The van der Waals surface area contributed by atoms with Gasteiger partial charge in [-0.3, -0.25) is 9.89 Å². The minimum Gasteiger partial charge on any atom is -0.508 e. The quantitative estimate of drug-likeness (QED) is 0.793. The molecule has 5 heteroatoms.